The summed E-state index contributed by atoms with van der Waals surface area (Å²) < 4.78 is 0. The highest BCUT2D eigenvalue weighted by molar-refractivity contribution is 7.80. The lowest BCUT2D eigenvalue weighted by Crippen LogP contribution is -2.29. The molecule has 14 heavy (non-hydrogen) atoms. The minimum absolute atomic E-state index is 0.613. The van der Waals surface area contributed by atoms with Gasteiger partial charge in [-0.15, -0.1) is 0 Å². The summed E-state index contributed by atoms with van der Waals surface area (Å²) in [6.07, 6.45) is 7.47. The van der Waals surface area contributed by atoms with Crippen LogP contribution >= 0.6 is 12.2 Å². The molecule has 0 aliphatic heterocycles. The van der Waals surface area contributed by atoms with Crippen molar-refractivity contribution in [1.29, 1.82) is 0 Å². The van der Waals surface area contributed by atoms with E-state index in [1.165, 1.54) is 38.5 Å². The van der Waals surface area contributed by atoms with E-state index in [0.717, 1.165) is 11.5 Å². The maximum absolute atomic E-state index is 5.39. The molecule has 0 rings (SSSR count). The minimum atomic E-state index is 0.613. The molecule has 0 radical (unpaired) electrons. The molecule has 0 unspecified atom stereocenters. The molecule has 1 N–H and O–H groups in total. The summed E-state index contributed by atoms with van der Waals surface area (Å²) in [5.74, 6) is 0.613. The van der Waals surface area contributed by atoms with Gasteiger partial charge >= 0.3 is 0 Å². The Hall–Kier alpha value is -0.110. The van der Waals surface area contributed by atoms with Crippen LogP contribution in [0.4, 0.5) is 0 Å². The lowest BCUT2D eigenvalue weighted by atomic mass is 9.99. The summed E-state index contributed by atoms with van der Waals surface area (Å²) in [5, 5.41) is 3.37. The molecule has 0 aliphatic carbocycles. The fourth-order valence-corrected chi connectivity index (χ4v) is 1.89. The van der Waals surface area contributed by atoms with Crippen LogP contribution in [0.5, 0.6) is 0 Å². The molecule has 0 aromatic carbocycles. The van der Waals surface area contributed by atoms with Gasteiger partial charge in [0, 0.05) is 12.5 Å². The van der Waals surface area contributed by atoms with Crippen LogP contribution in [0, 0.1) is 5.92 Å². The predicted octanol–water partition coefficient (Wildman–Crippen LogP) is 3.92. The quantitative estimate of drug-likeness (QED) is 0.486. The van der Waals surface area contributed by atoms with Crippen LogP contribution < -0.4 is 5.32 Å². The fourth-order valence-electron chi connectivity index (χ4n) is 1.50. The van der Waals surface area contributed by atoms with Crippen LogP contribution in [0.1, 0.15) is 59.3 Å². The molecule has 1 nitrogen and oxygen atoms in total. The zero-order valence-electron chi connectivity index (χ0n) is 9.94. The molecule has 2 heteroatoms. The number of nitrogens with one attached hydrogen (secondary N) is 1. The van der Waals surface area contributed by atoms with Crippen molar-refractivity contribution in [3.8, 4) is 0 Å². The third-order valence-electron chi connectivity index (χ3n) is 2.60. The molecule has 84 valence electrons. The van der Waals surface area contributed by atoms with Gasteiger partial charge in [0.15, 0.2) is 0 Å². The second-order valence-corrected chi connectivity index (χ2v) is 4.33. The third kappa shape index (κ3) is 6.36. The average molecular weight is 215 g/mol. The Balaban J connectivity index is 3.67. The largest absolute Gasteiger partial charge is 0.379 e. The van der Waals surface area contributed by atoms with Gasteiger partial charge in [-0.05, 0) is 19.3 Å². The highest BCUT2D eigenvalue weighted by Gasteiger charge is 2.10. The second kappa shape index (κ2) is 9.45. The zero-order valence-corrected chi connectivity index (χ0v) is 10.8. The van der Waals surface area contributed by atoms with E-state index < -0.39 is 0 Å². The molecule has 0 heterocycles. The number of hydrogen-bond acceptors (Lipinski definition) is 1. The molecule has 0 saturated carbocycles. The Bertz CT molecular complexity index is 145. The molecule has 1 atom stereocenters. The summed E-state index contributed by atoms with van der Waals surface area (Å²) in [6.45, 7) is 7.73. The van der Waals surface area contributed by atoms with Gasteiger partial charge in [-0.2, -0.15) is 0 Å². The highest BCUT2D eigenvalue weighted by atomic mass is 32.1. The van der Waals surface area contributed by atoms with Gasteiger partial charge < -0.3 is 5.32 Å². The normalized spacial score (nSPS) is 12.5. The molecular weight excluding hydrogens is 190 g/mol. The Kier molecular flexibility index (Phi) is 9.37. The van der Waals surface area contributed by atoms with Crippen molar-refractivity contribution in [2.45, 2.75) is 59.3 Å². The van der Waals surface area contributed by atoms with Gasteiger partial charge in [0.05, 0.1) is 4.99 Å². The first kappa shape index (κ1) is 13.9. The molecule has 0 aromatic heterocycles. The van der Waals surface area contributed by atoms with Gasteiger partial charge in [0.2, 0.25) is 0 Å². The summed E-state index contributed by atoms with van der Waals surface area (Å²) >= 11 is 5.39. The first-order valence-corrected chi connectivity index (χ1v) is 6.44. The van der Waals surface area contributed by atoms with E-state index in [2.05, 4.69) is 26.1 Å². The number of hydrogen-bond donors (Lipinski definition) is 1. The average Bonchev–Trinajstić information content (AvgIpc) is 2.19. The van der Waals surface area contributed by atoms with Crippen molar-refractivity contribution < 1.29 is 0 Å². The summed E-state index contributed by atoms with van der Waals surface area (Å²) in [7, 11) is 0. The van der Waals surface area contributed by atoms with E-state index >= 15 is 0 Å². The topological polar surface area (TPSA) is 12.0 Å². The molecule has 0 bridgehead atoms. The van der Waals surface area contributed by atoms with Crippen molar-refractivity contribution in [2.75, 3.05) is 6.54 Å². The molecular formula is C12H25NS. The molecule has 0 aromatic rings. The monoisotopic (exact) mass is 215 g/mol. The van der Waals surface area contributed by atoms with Crippen LogP contribution in [0.15, 0.2) is 0 Å². The lowest BCUT2D eigenvalue weighted by Gasteiger charge is -2.17. The number of thiocarbonyl (C=S) groups is 1. The highest BCUT2D eigenvalue weighted by Crippen LogP contribution is 2.13. The minimum Gasteiger partial charge on any atom is -0.379 e. The lowest BCUT2D eigenvalue weighted by molar-refractivity contribution is 0.557. The molecule has 0 amide bonds. The van der Waals surface area contributed by atoms with E-state index in [0.29, 0.717) is 5.92 Å². The maximum atomic E-state index is 5.39. The molecule has 0 aliphatic rings. The standard InChI is InChI=1S/C12H25NS/c1-4-7-9-11(6-3)12(14)13-10-8-5-2/h11H,4-10H2,1-3H3,(H,13,14)/t11-/m1/s1. The second-order valence-electron chi connectivity index (χ2n) is 3.89. The SMILES string of the molecule is CCCCNC(=S)[C@H](CC)CCCC. The van der Waals surface area contributed by atoms with Crippen molar-refractivity contribution in [3.05, 3.63) is 0 Å². The van der Waals surface area contributed by atoms with Gasteiger partial charge in [0.1, 0.15) is 0 Å². The smallest absolute Gasteiger partial charge is 0.0784 e. The van der Waals surface area contributed by atoms with Crippen LogP contribution in [-0.4, -0.2) is 11.5 Å². The van der Waals surface area contributed by atoms with Crippen molar-refractivity contribution in [3.63, 3.8) is 0 Å². The van der Waals surface area contributed by atoms with Gasteiger partial charge in [0.25, 0.3) is 0 Å². The van der Waals surface area contributed by atoms with Crippen molar-refractivity contribution in [1.82, 2.24) is 5.32 Å². The van der Waals surface area contributed by atoms with Gasteiger partial charge in [-0.25, -0.2) is 0 Å². The van der Waals surface area contributed by atoms with Crippen LogP contribution in [0.25, 0.3) is 0 Å². The van der Waals surface area contributed by atoms with Crippen molar-refractivity contribution in [2.24, 2.45) is 5.92 Å². The van der Waals surface area contributed by atoms with Crippen LogP contribution in [-0.2, 0) is 0 Å². The van der Waals surface area contributed by atoms with E-state index in [4.69, 9.17) is 12.2 Å². The molecule has 0 fully saturated rings. The Morgan fingerprint density at radius 3 is 2.29 bits per heavy atom. The number of unbranched alkanes of at least 4 members (excludes halogenated alkanes) is 2. The molecule has 0 spiro atoms. The van der Waals surface area contributed by atoms with Crippen molar-refractivity contribution >= 4 is 17.2 Å². The Labute approximate surface area is 94.7 Å². The summed E-state index contributed by atoms with van der Waals surface area (Å²) in [5.41, 5.74) is 0. The summed E-state index contributed by atoms with van der Waals surface area (Å²) in [4.78, 5) is 1.09. The first-order valence-electron chi connectivity index (χ1n) is 6.03. The van der Waals surface area contributed by atoms with E-state index in [1.807, 2.05) is 0 Å². The van der Waals surface area contributed by atoms with Crippen LogP contribution in [0.2, 0.25) is 0 Å². The third-order valence-corrected chi connectivity index (χ3v) is 3.08. The fraction of sp³-hybridized carbons (Fsp3) is 0.917. The zero-order chi connectivity index (χ0) is 10.8. The number of rotatable bonds is 8. The summed E-state index contributed by atoms with van der Waals surface area (Å²) in [6, 6.07) is 0. The van der Waals surface area contributed by atoms with E-state index in [-0.39, 0.29) is 0 Å². The maximum Gasteiger partial charge on any atom is 0.0784 e. The first-order chi connectivity index (χ1) is 6.76. The van der Waals surface area contributed by atoms with Gasteiger partial charge in [-0.3, -0.25) is 0 Å². The Morgan fingerprint density at radius 2 is 1.79 bits per heavy atom. The van der Waals surface area contributed by atoms with Crippen LogP contribution in [0.3, 0.4) is 0 Å². The van der Waals surface area contributed by atoms with E-state index in [1.54, 1.807) is 0 Å². The predicted molar refractivity (Wildman–Crippen MR) is 68.8 cm³/mol. The molecule has 0 saturated heterocycles. The van der Waals surface area contributed by atoms with Gasteiger partial charge in [-0.1, -0.05) is 52.3 Å². The van der Waals surface area contributed by atoms with E-state index in [9.17, 15) is 0 Å². The Morgan fingerprint density at radius 1 is 1.14 bits per heavy atom.